The lowest BCUT2D eigenvalue weighted by molar-refractivity contribution is -0.138. The van der Waals surface area contributed by atoms with Crippen molar-refractivity contribution in [3.63, 3.8) is 0 Å². The predicted molar refractivity (Wildman–Crippen MR) is 115 cm³/mol. The summed E-state index contributed by atoms with van der Waals surface area (Å²) in [5.74, 6) is -1.47. The summed E-state index contributed by atoms with van der Waals surface area (Å²) in [6.07, 6.45) is 4.41. The Balaban J connectivity index is 4.27. The molecular formula is C21H36N4O6. The molecule has 31 heavy (non-hydrogen) atoms. The van der Waals surface area contributed by atoms with Gasteiger partial charge in [-0.1, -0.05) is 6.42 Å². The van der Waals surface area contributed by atoms with Gasteiger partial charge in [0.1, 0.15) is 18.1 Å². The average Bonchev–Trinajstić information content (AvgIpc) is 2.70. The largest absolute Gasteiger partial charge is 0.359 e. The summed E-state index contributed by atoms with van der Waals surface area (Å²) in [4.78, 5) is 70.8. The van der Waals surface area contributed by atoms with Gasteiger partial charge in [0.2, 0.25) is 23.6 Å². The molecule has 4 amide bonds. The minimum absolute atomic E-state index is 0.0928. The van der Waals surface area contributed by atoms with Crippen LogP contribution in [0.1, 0.15) is 65.2 Å². The number of rotatable bonds is 17. The highest BCUT2D eigenvalue weighted by Gasteiger charge is 2.19. The van der Waals surface area contributed by atoms with Crippen LogP contribution in [0.3, 0.4) is 0 Å². The number of unbranched alkanes of at least 4 members (excludes halogenated alkanes) is 3. The van der Waals surface area contributed by atoms with Crippen LogP contribution in [0.15, 0.2) is 0 Å². The molecule has 0 aromatic carbocycles. The number of carbonyl (C=O) groups is 6. The van der Waals surface area contributed by atoms with E-state index in [4.69, 9.17) is 0 Å². The van der Waals surface area contributed by atoms with Gasteiger partial charge in [0.25, 0.3) is 0 Å². The van der Waals surface area contributed by atoms with E-state index in [0.717, 1.165) is 24.2 Å². The highest BCUT2D eigenvalue weighted by atomic mass is 16.2. The van der Waals surface area contributed by atoms with E-state index in [1.165, 1.54) is 13.8 Å². The number of Topliss-reactive ketones (excluding diaryl/α,β-unsaturated/α-hetero) is 2. The van der Waals surface area contributed by atoms with E-state index in [-0.39, 0.29) is 55.3 Å². The lowest BCUT2D eigenvalue weighted by Gasteiger charge is -2.21. The Labute approximate surface area is 183 Å². The van der Waals surface area contributed by atoms with Gasteiger partial charge in [0.15, 0.2) is 0 Å². The van der Waals surface area contributed by atoms with Gasteiger partial charge in [-0.05, 0) is 39.5 Å². The SMILES string of the molecule is CNC(=O)CCCCC(=O)NCC(=O)N(CC(C)=O)CC(=O)NCCCCCC(C)=O. The van der Waals surface area contributed by atoms with E-state index in [1.54, 1.807) is 7.05 Å². The van der Waals surface area contributed by atoms with E-state index < -0.39 is 5.91 Å². The Morgan fingerprint density at radius 3 is 1.84 bits per heavy atom. The van der Waals surface area contributed by atoms with E-state index in [9.17, 15) is 28.8 Å². The van der Waals surface area contributed by atoms with Gasteiger partial charge in [0.05, 0.1) is 13.1 Å². The molecule has 0 aromatic heterocycles. The fourth-order valence-corrected chi connectivity index (χ4v) is 2.70. The van der Waals surface area contributed by atoms with Crippen LogP contribution in [0.25, 0.3) is 0 Å². The van der Waals surface area contributed by atoms with Gasteiger partial charge in [-0.3, -0.25) is 24.0 Å². The third-order valence-electron chi connectivity index (χ3n) is 4.40. The van der Waals surface area contributed by atoms with Gasteiger partial charge < -0.3 is 25.6 Å². The smallest absolute Gasteiger partial charge is 0.242 e. The van der Waals surface area contributed by atoms with Gasteiger partial charge in [0, 0.05) is 32.9 Å². The fraction of sp³-hybridized carbons (Fsp3) is 0.714. The van der Waals surface area contributed by atoms with Crippen LogP contribution in [0.4, 0.5) is 0 Å². The van der Waals surface area contributed by atoms with Gasteiger partial charge in [-0.15, -0.1) is 0 Å². The van der Waals surface area contributed by atoms with Crippen molar-refractivity contribution >= 4 is 35.2 Å². The van der Waals surface area contributed by atoms with Gasteiger partial charge in [-0.2, -0.15) is 0 Å². The first kappa shape index (κ1) is 28.2. The number of amides is 4. The second-order valence-electron chi connectivity index (χ2n) is 7.47. The monoisotopic (exact) mass is 440 g/mol. The fourth-order valence-electron chi connectivity index (χ4n) is 2.70. The van der Waals surface area contributed by atoms with Crippen molar-refractivity contribution in [3.05, 3.63) is 0 Å². The van der Waals surface area contributed by atoms with Crippen LogP contribution in [0.5, 0.6) is 0 Å². The van der Waals surface area contributed by atoms with Crippen molar-refractivity contribution in [2.24, 2.45) is 0 Å². The summed E-state index contributed by atoms with van der Waals surface area (Å²) in [5.41, 5.74) is 0. The topological polar surface area (TPSA) is 142 Å². The Bertz CT molecular complexity index is 635. The molecule has 0 bridgehead atoms. The minimum Gasteiger partial charge on any atom is -0.359 e. The zero-order chi connectivity index (χ0) is 23.6. The average molecular weight is 441 g/mol. The number of hydrogen-bond acceptors (Lipinski definition) is 6. The molecule has 0 heterocycles. The minimum atomic E-state index is -0.523. The highest BCUT2D eigenvalue weighted by molar-refractivity contribution is 5.91. The van der Waals surface area contributed by atoms with E-state index in [1.807, 2.05) is 0 Å². The number of hydrogen-bond donors (Lipinski definition) is 3. The molecule has 0 aliphatic rings. The molecule has 0 aliphatic carbocycles. The molecule has 3 N–H and O–H groups in total. The molecule has 0 saturated heterocycles. The summed E-state index contributed by atoms with van der Waals surface area (Å²) < 4.78 is 0. The molecule has 0 fully saturated rings. The van der Waals surface area contributed by atoms with Crippen LogP contribution >= 0.6 is 0 Å². The Morgan fingerprint density at radius 1 is 0.645 bits per heavy atom. The molecule has 0 rings (SSSR count). The Morgan fingerprint density at radius 2 is 1.26 bits per heavy atom. The van der Waals surface area contributed by atoms with Crippen LogP contribution in [-0.4, -0.2) is 73.3 Å². The molecule has 10 nitrogen and oxygen atoms in total. The van der Waals surface area contributed by atoms with Gasteiger partial charge >= 0.3 is 0 Å². The molecule has 0 aromatic rings. The van der Waals surface area contributed by atoms with E-state index in [0.29, 0.717) is 32.2 Å². The molecule has 0 spiro atoms. The van der Waals surface area contributed by atoms with Crippen LogP contribution in [-0.2, 0) is 28.8 Å². The van der Waals surface area contributed by atoms with Crippen molar-refractivity contribution in [2.75, 3.05) is 33.2 Å². The third-order valence-corrected chi connectivity index (χ3v) is 4.40. The van der Waals surface area contributed by atoms with E-state index in [2.05, 4.69) is 16.0 Å². The number of ketones is 2. The molecule has 0 atom stereocenters. The van der Waals surface area contributed by atoms with Gasteiger partial charge in [-0.25, -0.2) is 0 Å². The summed E-state index contributed by atoms with van der Waals surface area (Å²) in [7, 11) is 1.55. The van der Waals surface area contributed by atoms with Crippen LogP contribution in [0.2, 0.25) is 0 Å². The molecule has 10 heteroatoms. The number of carbonyl (C=O) groups excluding carboxylic acids is 6. The van der Waals surface area contributed by atoms with Crippen molar-refractivity contribution in [1.29, 1.82) is 0 Å². The first-order chi connectivity index (χ1) is 14.6. The van der Waals surface area contributed by atoms with Crippen LogP contribution in [0, 0.1) is 0 Å². The maximum Gasteiger partial charge on any atom is 0.242 e. The lowest BCUT2D eigenvalue weighted by atomic mass is 10.1. The zero-order valence-corrected chi connectivity index (χ0v) is 18.9. The zero-order valence-electron chi connectivity index (χ0n) is 18.9. The summed E-state index contributed by atoms with van der Waals surface area (Å²) in [5, 5.41) is 7.68. The standard InChI is InChI=1S/C21H36N4O6/c1-16(26)9-5-4-8-12-23-20(30)15-25(14-17(2)27)21(31)13-24-19(29)11-7-6-10-18(28)22-3/h4-15H2,1-3H3,(H,22,28)(H,23,30)(H,24,29). The predicted octanol–water partition coefficient (Wildman–Crippen LogP) is 0.0922. The van der Waals surface area contributed by atoms with Crippen molar-refractivity contribution in [2.45, 2.75) is 65.2 Å². The second-order valence-corrected chi connectivity index (χ2v) is 7.47. The highest BCUT2D eigenvalue weighted by Crippen LogP contribution is 2.01. The quantitative estimate of drug-likeness (QED) is 0.274. The first-order valence-electron chi connectivity index (χ1n) is 10.7. The summed E-state index contributed by atoms with van der Waals surface area (Å²) in [6, 6.07) is 0. The molecule has 0 unspecified atom stereocenters. The molecule has 176 valence electrons. The van der Waals surface area contributed by atoms with Crippen molar-refractivity contribution in [1.82, 2.24) is 20.9 Å². The summed E-state index contributed by atoms with van der Waals surface area (Å²) in [6.45, 7) is 2.49. The molecule has 0 aliphatic heterocycles. The molecule has 0 radical (unpaired) electrons. The second kappa shape index (κ2) is 17.0. The third kappa shape index (κ3) is 16.7. The molecular weight excluding hydrogens is 404 g/mol. The summed E-state index contributed by atoms with van der Waals surface area (Å²) >= 11 is 0. The number of nitrogens with one attached hydrogen (secondary N) is 3. The number of nitrogens with zero attached hydrogens (tertiary/aromatic N) is 1. The maximum atomic E-state index is 12.3. The van der Waals surface area contributed by atoms with Crippen molar-refractivity contribution in [3.8, 4) is 0 Å². The first-order valence-corrected chi connectivity index (χ1v) is 10.7. The Hall–Kier alpha value is -2.78. The van der Waals surface area contributed by atoms with Crippen molar-refractivity contribution < 1.29 is 28.8 Å². The van der Waals surface area contributed by atoms with Crippen LogP contribution < -0.4 is 16.0 Å². The maximum absolute atomic E-state index is 12.3. The Kier molecular flexibility index (Phi) is 15.4. The molecule has 0 saturated carbocycles. The normalized spacial score (nSPS) is 10.2. The lowest BCUT2D eigenvalue weighted by Crippen LogP contribution is -2.47. The van der Waals surface area contributed by atoms with E-state index >= 15 is 0 Å².